The minimum absolute atomic E-state index is 0.399. The summed E-state index contributed by atoms with van der Waals surface area (Å²) in [5.41, 5.74) is 2.42. The second-order valence-electron chi connectivity index (χ2n) is 6.04. The first-order valence-electron chi connectivity index (χ1n) is 7.96. The maximum atomic E-state index is 5.81. The van der Waals surface area contributed by atoms with Gasteiger partial charge in [0, 0.05) is 23.0 Å². The Balaban J connectivity index is 1.55. The molecule has 1 spiro atoms. The Morgan fingerprint density at radius 3 is 2.65 bits per heavy atom. The highest BCUT2D eigenvalue weighted by Gasteiger charge is 2.43. The second-order valence-corrected chi connectivity index (χ2v) is 7.20. The molecule has 23 heavy (non-hydrogen) atoms. The first-order valence-corrected chi connectivity index (χ1v) is 9.04. The summed E-state index contributed by atoms with van der Waals surface area (Å²) in [5, 5.41) is 0. The maximum absolute atomic E-state index is 5.81. The molecule has 0 amide bonds. The third-order valence-corrected chi connectivity index (χ3v) is 5.43. The largest absolute Gasteiger partial charge is 0.351 e. The Bertz CT molecular complexity index is 687. The molecule has 2 aromatic rings. The Morgan fingerprint density at radius 1 is 1.09 bits per heavy atom. The molecule has 0 aliphatic carbocycles. The number of halogens is 1. The molecule has 1 aromatic carbocycles. The lowest BCUT2D eigenvalue weighted by atomic mass is 10.1. The average molecular weight is 422 g/mol. The molecule has 2 aliphatic rings. The molecule has 120 valence electrons. The van der Waals surface area contributed by atoms with Crippen LogP contribution in [0.4, 0.5) is 5.82 Å². The van der Waals surface area contributed by atoms with E-state index < -0.39 is 5.79 Å². The molecule has 2 saturated heterocycles. The summed E-state index contributed by atoms with van der Waals surface area (Å²) < 4.78 is 12.8. The fraction of sp³-hybridized carbons (Fsp3) is 0.389. The van der Waals surface area contributed by atoms with E-state index in [-0.39, 0.29) is 0 Å². The van der Waals surface area contributed by atoms with Gasteiger partial charge in [-0.2, -0.15) is 0 Å². The summed E-state index contributed by atoms with van der Waals surface area (Å²) in [4.78, 5) is 7.19. The van der Waals surface area contributed by atoms with Gasteiger partial charge in [0.25, 0.3) is 0 Å². The molecule has 0 unspecified atom stereocenters. The van der Waals surface area contributed by atoms with Crippen LogP contribution in [-0.4, -0.2) is 37.1 Å². The molecule has 5 heteroatoms. The van der Waals surface area contributed by atoms with Crippen LogP contribution in [0.5, 0.6) is 0 Å². The van der Waals surface area contributed by atoms with Crippen molar-refractivity contribution in [2.75, 3.05) is 31.2 Å². The smallest absolute Gasteiger partial charge is 0.187 e. The van der Waals surface area contributed by atoms with E-state index in [1.54, 1.807) is 0 Å². The fourth-order valence-electron chi connectivity index (χ4n) is 3.24. The first kappa shape index (κ1) is 15.4. The Hall–Kier alpha value is -1.18. The van der Waals surface area contributed by atoms with E-state index in [0.29, 0.717) is 13.2 Å². The van der Waals surface area contributed by atoms with E-state index in [2.05, 4.69) is 63.9 Å². The zero-order valence-corrected chi connectivity index (χ0v) is 15.0. The lowest BCUT2D eigenvalue weighted by Gasteiger charge is -2.23. The molecule has 4 nitrogen and oxygen atoms in total. The van der Waals surface area contributed by atoms with Crippen molar-refractivity contribution in [1.29, 1.82) is 0 Å². The van der Waals surface area contributed by atoms with Gasteiger partial charge in [-0.15, -0.1) is 0 Å². The number of nitrogens with zero attached hydrogens (tertiary/aromatic N) is 2. The number of anilines is 1. The van der Waals surface area contributed by atoms with Crippen LogP contribution in [0.25, 0.3) is 0 Å². The lowest BCUT2D eigenvalue weighted by Crippen LogP contribution is -2.34. The van der Waals surface area contributed by atoms with Crippen LogP contribution in [0.2, 0.25) is 0 Å². The van der Waals surface area contributed by atoms with Gasteiger partial charge in [0.2, 0.25) is 0 Å². The van der Waals surface area contributed by atoms with Crippen LogP contribution in [0.1, 0.15) is 17.7 Å². The average Bonchev–Trinajstić information content (AvgIpc) is 3.21. The SMILES string of the molecule is Ic1ccc(N2CCC3(C2)OCCO3)nc1Cc1ccccc1. The fourth-order valence-corrected chi connectivity index (χ4v) is 3.74. The van der Waals surface area contributed by atoms with Crippen molar-refractivity contribution in [2.45, 2.75) is 18.6 Å². The highest BCUT2D eigenvalue weighted by atomic mass is 127. The Labute approximate surface area is 149 Å². The van der Waals surface area contributed by atoms with E-state index in [9.17, 15) is 0 Å². The summed E-state index contributed by atoms with van der Waals surface area (Å²) in [6, 6.07) is 14.7. The molecule has 0 N–H and O–H groups in total. The molecular formula is C18H19IN2O2. The van der Waals surface area contributed by atoms with E-state index in [0.717, 1.165) is 37.4 Å². The second kappa shape index (κ2) is 6.37. The third kappa shape index (κ3) is 3.22. The van der Waals surface area contributed by atoms with Gasteiger partial charge in [0.15, 0.2) is 5.79 Å². The predicted octanol–water partition coefficient (Wildman–Crippen LogP) is 3.23. The molecule has 2 fully saturated rings. The Kier molecular flexibility index (Phi) is 4.26. The maximum Gasteiger partial charge on any atom is 0.187 e. The third-order valence-electron chi connectivity index (χ3n) is 4.45. The lowest BCUT2D eigenvalue weighted by molar-refractivity contribution is -0.137. The number of hydrogen-bond donors (Lipinski definition) is 0. The number of ether oxygens (including phenoxy) is 2. The predicted molar refractivity (Wildman–Crippen MR) is 97.7 cm³/mol. The van der Waals surface area contributed by atoms with E-state index >= 15 is 0 Å². The molecule has 0 saturated carbocycles. The quantitative estimate of drug-likeness (QED) is 0.712. The molecule has 1 aromatic heterocycles. The normalized spacial score (nSPS) is 19.6. The molecular weight excluding hydrogens is 403 g/mol. The van der Waals surface area contributed by atoms with Gasteiger partial charge in [0.05, 0.1) is 25.5 Å². The zero-order valence-electron chi connectivity index (χ0n) is 12.9. The topological polar surface area (TPSA) is 34.6 Å². The molecule has 0 atom stereocenters. The number of pyridine rings is 1. The van der Waals surface area contributed by atoms with Gasteiger partial charge in [-0.3, -0.25) is 0 Å². The van der Waals surface area contributed by atoms with Crippen molar-refractivity contribution in [3.63, 3.8) is 0 Å². The van der Waals surface area contributed by atoms with E-state index in [1.165, 1.54) is 9.13 Å². The number of aromatic nitrogens is 1. The first-order chi connectivity index (χ1) is 11.2. The standard InChI is InChI=1S/C18H19IN2O2/c19-15-6-7-17(20-16(15)12-14-4-2-1-3-5-14)21-9-8-18(13-21)22-10-11-23-18/h1-7H,8-13H2. The summed E-state index contributed by atoms with van der Waals surface area (Å²) in [5.74, 6) is 0.622. The molecule has 0 radical (unpaired) electrons. The zero-order chi connectivity index (χ0) is 15.7. The van der Waals surface area contributed by atoms with Crippen LogP contribution in [-0.2, 0) is 15.9 Å². The Morgan fingerprint density at radius 2 is 1.87 bits per heavy atom. The summed E-state index contributed by atoms with van der Waals surface area (Å²) in [7, 11) is 0. The van der Waals surface area contributed by atoms with Crippen molar-refractivity contribution < 1.29 is 9.47 Å². The van der Waals surface area contributed by atoms with Crippen molar-refractivity contribution in [3.8, 4) is 0 Å². The minimum Gasteiger partial charge on any atom is -0.351 e. The number of rotatable bonds is 3. The van der Waals surface area contributed by atoms with Crippen molar-refractivity contribution in [1.82, 2.24) is 4.98 Å². The van der Waals surface area contributed by atoms with Gasteiger partial charge < -0.3 is 14.4 Å². The van der Waals surface area contributed by atoms with Crippen molar-refractivity contribution >= 4 is 28.4 Å². The molecule has 2 aliphatic heterocycles. The van der Waals surface area contributed by atoms with Crippen LogP contribution in [0.15, 0.2) is 42.5 Å². The van der Waals surface area contributed by atoms with Crippen molar-refractivity contribution in [2.24, 2.45) is 0 Å². The molecule has 0 bridgehead atoms. The number of benzene rings is 1. The summed E-state index contributed by atoms with van der Waals surface area (Å²) >= 11 is 2.37. The van der Waals surface area contributed by atoms with Crippen LogP contribution < -0.4 is 4.90 Å². The number of hydrogen-bond acceptors (Lipinski definition) is 4. The highest BCUT2D eigenvalue weighted by molar-refractivity contribution is 14.1. The van der Waals surface area contributed by atoms with Crippen molar-refractivity contribution in [3.05, 3.63) is 57.3 Å². The van der Waals surface area contributed by atoms with Gasteiger partial charge in [0.1, 0.15) is 5.82 Å². The van der Waals surface area contributed by atoms with Crippen LogP contribution in [0, 0.1) is 3.57 Å². The van der Waals surface area contributed by atoms with Gasteiger partial charge in [-0.1, -0.05) is 30.3 Å². The minimum atomic E-state index is -0.399. The van der Waals surface area contributed by atoms with Crippen LogP contribution >= 0.6 is 22.6 Å². The molecule has 3 heterocycles. The van der Waals surface area contributed by atoms with E-state index in [1.807, 2.05) is 6.07 Å². The van der Waals surface area contributed by atoms with Gasteiger partial charge >= 0.3 is 0 Å². The summed E-state index contributed by atoms with van der Waals surface area (Å²) in [6.45, 7) is 3.10. The van der Waals surface area contributed by atoms with Gasteiger partial charge in [-0.05, 0) is 40.3 Å². The van der Waals surface area contributed by atoms with Crippen LogP contribution in [0.3, 0.4) is 0 Å². The van der Waals surface area contributed by atoms with Gasteiger partial charge in [-0.25, -0.2) is 4.98 Å². The molecule has 4 rings (SSSR count). The highest BCUT2D eigenvalue weighted by Crippen LogP contribution is 2.33. The summed E-state index contributed by atoms with van der Waals surface area (Å²) in [6.07, 6.45) is 1.77. The van der Waals surface area contributed by atoms with E-state index in [4.69, 9.17) is 14.5 Å². The monoisotopic (exact) mass is 422 g/mol.